The number of carbonyl (C=O) groups is 1. The van der Waals surface area contributed by atoms with E-state index < -0.39 is 0 Å². The Balaban J connectivity index is 1.57. The Kier molecular flexibility index (Phi) is 6.58. The van der Waals surface area contributed by atoms with E-state index in [-0.39, 0.29) is 5.91 Å². The summed E-state index contributed by atoms with van der Waals surface area (Å²) >= 11 is 1.99. The van der Waals surface area contributed by atoms with Crippen molar-refractivity contribution >= 4 is 17.7 Å². The van der Waals surface area contributed by atoms with Crippen molar-refractivity contribution in [3.8, 4) is 0 Å². The van der Waals surface area contributed by atoms with Crippen molar-refractivity contribution in [2.24, 2.45) is 0 Å². The number of nitrogens with one attached hydrogen (secondary N) is 1. The molecule has 1 amide bonds. The molecule has 0 spiro atoms. The summed E-state index contributed by atoms with van der Waals surface area (Å²) in [6.07, 6.45) is 2.17. The summed E-state index contributed by atoms with van der Waals surface area (Å²) < 4.78 is 0. The van der Waals surface area contributed by atoms with Crippen molar-refractivity contribution in [3.63, 3.8) is 0 Å². The Labute approximate surface area is 132 Å². The number of aryl methyl sites for hydroxylation is 1. The quantitative estimate of drug-likeness (QED) is 0.820. The highest BCUT2D eigenvalue weighted by Gasteiger charge is 2.19. The van der Waals surface area contributed by atoms with E-state index in [0.717, 1.165) is 44.0 Å². The topological polar surface area (TPSA) is 32.3 Å². The second-order valence-corrected chi connectivity index (χ2v) is 6.82. The Bertz CT molecular complexity index is 456. The maximum Gasteiger partial charge on any atom is 0.219 e. The molecule has 116 valence electrons. The molecular formula is C17H26N2OS. The SMILES string of the molecule is CC(=O)N1CCC(NCCSCc2ccccc2C)CC1. The molecule has 0 radical (unpaired) electrons. The third-order valence-electron chi connectivity index (χ3n) is 4.14. The van der Waals surface area contributed by atoms with Crippen LogP contribution < -0.4 is 5.32 Å². The summed E-state index contributed by atoms with van der Waals surface area (Å²) in [5.74, 6) is 2.44. The molecule has 0 bridgehead atoms. The number of likely N-dealkylation sites (tertiary alicyclic amines) is 1. The molecule has 0 unspecified atom stereocenters. The molecular weight excluding hydrogens is 280 g/mol. The third-order valence-corrected chi connectivity index (χ3v) is 5.15. The lowest BCUT2D eigenvalue weighted by Crippen LogP contribution is -2.44. The molecule has 0 saturated carbocycles. The average molecular weight is 306 g/mol. The van der Waals surface area contributed by atoms with Gasteiger partial charge in [-0.25, -0.2) is 0 Å². The van der Waals surface area contributed by atoms with E-state index >= 15 is 0 Å². The molecule has 0 aliphatic carbocycles. The Morgan fingerprint density at radius 1 is 1.33 bits per heavy atom. The van der Waals surface area contributed by atoms with Gasteiger partial charge in [0.2, 0.25) is 5.91 Å². The van der Waals surface area contributed by atoms with Crippen molar-refractivity contribution in [1.29, 1.82) is 0 Å². The second-order valence-electron chi connectivity index (χ2n) is 5.71. The van der Waals surface area contributed by atoms with Gasteiger partial charge in [0.05, 0.1) is 0 Å². The van der Waals surface area contributed by atoms with Gasteiger partial charge >= 0.3 is 0 Å². The van der Waals surface area contributed by atoms with Crippen LogP contribution in [0, 0.1) is 6.92 Å². The molecule has 4 heteroatoms. The largest absolute Gasteiger partial charge is 0.343 e. The van der Waals surface area contributed by atoms with Crippen LogP contribution in [0.2, 0.25) is 0 Å². The predicted molar refractivity (Wildman–Crippen MR) is 90.6 cm³/mol. The molecule has 1 fully saturated rings. The summed E-state index contributed by atoms with van der Waals surface area (Å²) in [6.45, 7) is 6.71. The van der Waals surface area contributed by atoms with Gasteiger partial charge in [0.1, 0.15) is 0 Å². The Hall–Kier alpha value is -1.00. The number of thioether (sulfide) groups is 1. The van der Waals surface area contributed by atoms with Crippen LogP contribution in [-0.4, -0.2) is 42.2 Å². The minimum absolute atomic E-state index is 0.210. The molecule has 0 aromatic heterocycles. The average Bonchev–Trinajstić information content (AvgIpc) is 2.49. The van der Waals surface area contributed by atoms with Gasteiger partial charge in [-0.2, -0.15) is 11.8 Å². The van der Waals surface area contributed by atoms with Crippen LogP contribution in [0.25, 0.3) is 0 Å². The fourth-order valence-corrected chi connectivity index (χ4v) is 3.64. The van der Waals surface area contributed by atoms with Crippen LogP contribution in [-0.2, 0) is 10.5 Å². The highest BCUT2D eigenvalue weighted by atomic mass is 32.2. The van der Waals surface area contributed by atoms with Gasteiger partial charge in [0.15, 0.2) is 0 Å². The summed E-state index contributed by atoms with van der Waals surface area (Å²) in [7, 11) is 0. The highest BCUT2D eigenvalue weighted by molar-refractivity contribution is 7.98. The van der Waals surface area contributed by atoms with Crippen LogP contribution in [0.4, 0.5) is 0 Å². The van der Waals surface area contributed by atoms with E-state index in [1.54, 1.807) is 6.92 Å². The molecule has 21 heavy (non-hydrogen) atoms. The molecule has 1 aliphatic rings. The first-order valence-corrected chi connectivity index (χ1v) is 8.93. The molecule has 1 aromatic rings. The van der Waals surface area contributed by atoms with Gasteiger partial charge in [0, 0.05) is 44.1 Å². The van der Waals surface area contributed by atoms with E-state index in [4.69, 9.17) is 0 Å². The van der Waals surface area contributed by atoms with Crippen LogP contribution in [0.1, 0.15) is 30.9 Å². The van der Waals surface area contributed by atoms with Crippen molar-refractivity contribution in [2.45, 2.75) is 38.5 Å². The maximum absolute atomic E-state index is 11.3. The van der Waals surface area contributed by atoms with Gasteiger partial charge in [-0.1, -0.05) is 24.3 Å². The van der Waals surface area contributed by atoms with Gasteiger partial charge in [0.25, 0.3) is 0 Å². The lowest BCUT2D eigenvalue weighted by molar-refractivity contribution is -0.129. The molecule has 3 nitrogen and oxygen atoms in total. The molecule has 1 saturated heterocycles. The maximum atomic E-state index is 11.3. The zero-order valence-corrected chi connectivity index (χ0v) is 13.9. The van der Waals surface area contributed by atoms with E-state index in [9.17, 15) is 4.79 Å². The summed E-state index contributed by atoms with van der Waals surface area (Å²) in [5.41, 5.74) is 2.83. The van der Waals surface area contributed by atoms with Gasteiger partial charge < -0.3 is 10.2 Å². The van der Waals surface area contributed by atoms with Crippen molar-refractivity contribution in [1.82, 2.24) is 10.2 Å². The fraction of sp³-hybridized carbons (Fsp3) is 0.588. The molecule has 2 rings (SSSR count). The molecule has 1 heterocycles. The monoisotopic (exact) mass is 306 g/mol. The summed E-state index contributed by atoms with van der Waals surface area (Å²) in [4.78, 5) is 13.2. The van der Waals surface area contributed by atoms with Gasteiger partial charge in [-0.15, -0.1) is 0 Å². The van der Waals surface area contributed by atoms with E-state index in [1.807, 2.05) is 16.7 Å². The Morgan fingerprint density at radius 2 is 2.05 bits per heavy atom. The summed E-state index contributed by atoms with van der Waals surface area (Å²) in [5, 5.41) is 3.62. The van der Waals surface area contributed by atoms with Crippen molar-refractivity contribution < 1.29 is 4.79 Å². The zero-order valence-electron chi connectivity index (χ0n) is 13.1. The van der Waals surface area contributed by atoms with E-state index in [0.29, 0.717) is 6.04 Å². The first-order chi connectivity index (χ1) is 10.2. The minimum Gasteiger partial charge on any atom is -0.343 e. The normalized spacial score (nSPS) is 16.2. The van der Waals surface area contributed by atoms with Crippen molar-refractivity contribution in [3.05, 3.63) is 35.4 Å². The number of benzene rings is 1. The Morgan fingerprint density at radius 3 is 2.71 bits per heavy atom. The number of nitrogens with zero attached hydrogens (tertiary/aromatic N) is 1. The standard InChI is InChI=1S/C17H26N2OS/c1-14-5-3-4-6-16(14)13-21-12-9-18-17-7-10-19(11-8-17)15(2)20/h3-6,17-18H,7-13H2,1-2H3. The molecule has 1 aliphatic heterocycles. The molecule has 0 atom stereocenters. The number of piperidine rings is 1. The van der Waals surface area contributed by atoms with Gasteiger partial charge in [-0.05, 0) is 30.9 Å². The highest BCUT2D eigenvalue weighted by Crippen LogP contribution is 2.16. The lowest BCUT2D eigenvalue weighted by Gasteiger charge is -2.31. The van der Waals surface area contributed by atoms with E-state index in [2.05, 4.69) is 36.5 Å². The number of hydrogen-bond donors (Lipinski definition) is 1. The van der Waals surface area contributed by atoms with Crippen LogP contribution in [0.15, 0.2) is 24.3 Å². The second kappa shape index (κ2) is 8.44. The van der Waals surface area contributed by atoms with Crippen LogP contribution >= 0.6 is 11.8 Å². The smallest absolute Gasteiger partial charge is 0.219 e. The van der Waals surface area contributed by atoms with Gasteiger partial charge in [-0.3, -0.25) is 4.79 Å². The van der Waals surface area contributed by atoms with Crippen LogP contribution in [0.3, 0.4) is 0 Å². The van der Waals surface area contributed by atoms with E-state index in [1.165, 1.54) is 11.1 Å². The first kappa shape index (κ1) is 16.4. The number of amides is 1. The van der Waals surface area contributed by atoms with Crippen molar-refractivity contribution in [2.75, 3.05) is 25.4 Å². The van der Waals surface area contributed by atoms with Crippen LogP contribution in [0.5, 0.6) is 0 Å². The first-order valence-electron chi connectivity index (χ1n) is 7.78. The number of carbonyl (C=O) groups excluding carboxylic acids is 1. The predicted octanol–water partition coefficient (Wildman–Crippen LogP) is 2.83. The fourth-order valence-electron chi connectivity index (χ4n) is 2.69. The number of hydrogen-bond acceptors (Lipinski definition) is 3. The molecule has 1 N–H and O–H groups in total. The molecule has 1 aromatic carbocycles. The zero-order chi connectivity index (χ0) is 15.1. The minimum atomic E-state index is 0.210. The summed E-state index contributed by atoms with van der Waals surface area (Å²) in [6, 6.07) is 9.19. The number of rotatable bonds is 6. The third kappa shape index (κ3) is 5.36. The lowest BCUT2D eigenvalue weighted by atomic mass is 10.1.